The number of rotatable bonds is 5. The number of sulfonamides is 1. The standard InChI is InChI=1S/C19H24N4O4S/c1-14-12-15(2)23(19(25)20-14)13-18(24)21-16-6-8-17(9-7-16)28(26,27)22-10-4-3-5-11-22/h6-9,12H,3-5,10-11,13H2,1-2H3,(H,21,24). The molecule has 1 aliphatic rings. The summed E-state index contributed by atoms with van der Waals surface area (Å²) in [6, 6.07) is 7.82. The number of carbonyl (C=O) groups is 1. The van der Waals surface area contributed by atoms with Crippen LogP contribution in [0.3, 0.4) is 0 Å². The van der Waals surface area contributed by atoms with E-state index in [1.54, 1.807) is 32.0 Å². The van der Waals surface area contributed by atoms with E-state index in [1.807, 2.05) is 0 Å². The number of anilines is 1. The third-order valence-corrected chi connectivity index (χ3v) is 6.65. The summed E-state index contributed by atoms with van der Waals surface area (Å²) in [7, 11) is -3.50. The molecule has 1 fully saturated rings. The number of piperidine rings is 1. The summed E-state index contributed by atoms with van der Waals surface area (Å²) in [6.07, 6.45) is 2.80. The lowest BCUT2D eigenvalue weighted by Crippen LogP contribution is -2.35. The molecule has 2 aromatic rings. The quantitative estimate of drug-likeness (QED) is 0.817. The van der Waals surface area contributed by atoms with E-state index in [1.165, 1.54) is 21.0 Å². The lowest BCUT2D eigenvalue weighted by Gasteiger charge is -2.25. The molecule has 1 aromatic heterocycles. The maximum atomic E-state index is 12.7. The Bertz CT molecular complexity index is 1020. The number of hydrogen-bond donors (Lipinski definition) is 1. The van der Waals surface area contributed by atoms with E-state index in [0.29, 0.717) is 30.2 Å². The highest BCUT2D eigenvalue weighted by Crippen LogP contribution is 2.22. The van der Waals surface area contributed by atoms with Crippen LogP contribution in [0.2, 0.25) is 0 Å². The van der Waals surface area contributed by atoms with Crippen LogP contribution in [0.25, 0.3) is 0 Å². The summed E-state index contributed by atoms with van der Waals surface area (Å²) in [4.78, 5) is 28.3. The van der Waals surface area contributed by atoms with Gasteiger partial charge in [0, 0.05) is 30.2 Å². The van der Waals surface area contributed by atoms with Gasteiger partial charge in [0.1, 0.15) is 6.54 Å². The number of carbonyl (C=O) groups excluding carboxylic acids is 1. The fourth-order valence-corrected chi connectivity index (χ4v) is 4.79. The zero-order valence-electron chi connectivity index (χ0n) is 16.0. The molecule has 1 amide bonds. The van der Waals surface area contributed by atoms with Crippen molar-refractivity contribution in [3.05, 3.63) is 52.2 Å². The van der Waals surface area contributed by atoms with Gasteiger partial charge in [0.2, 0.25) is 15.9 Å². The maximum absolute atomic E-state index is 12.7. The van der Waals surface area contributed by atoms with Crippen molar-refractivity contribution in [3.8, 4) is 0 Å². The van der Waals surface area contributed by atoms with Crippen molar-refractivity contribution < 1.29 is 13.2 Å². The number of benzene rings is 1. The van der Waals surface area contributed by atoms with E-state index in [-0.39, 0.29) is 17.3 Å². The van der Waals surface area contributed by atoms with E-state index in [0.717, 1.165) is 19.3 Å². The zero-order valence-corrected chi connectivity index (χ0v) is 16.8. The van der Waals surface area contributed by atoms with Crippen molar-refractivity contribution in [1.29, 1.82) is 0 Å². The minimum absolute atomic E-state index is 0.161. The van der Waals surface area contributed by atoms with Gasteiger partial charge in [0.25, 0.3) is 0 Å². The number of amides is 1. The Morgan fingerprint density at radius 1 is 1.11 bits per heavy atom. The molecule has 0 bridgehead atoms. The highest BCUT2D eigenvalue weighted by Gasteiger charge is 2.25. The predicted octanol–water partition coefficient (Wildman–Crippen LogP) is 1.67. The maximum Gasteiger partial charge on any atom is 0.348 e. The van der Waals surface area contributed by atoms with E-state index in [9.17, 15) is 18.0 Å². The molecule has 9 heteroatoms. The molecule has 1 N–H and O–H groups in total. The van der Waals surface area contributed by atoms with Gasteiger partial charge in [-0.1, -0.05) is 6.42 Å². The highest BCUT2D eigenvalue weighted by atomic mass is 32.2. The van der Waals surface area contributed by atoms with E-state index in [2.05, 4.69) is 10.3 Å². The number of nitrogens with zero attached hydrogens (tertiary/aromatic N) is 3. The van der Waals surface area contributed by atoms with E-state index >= 15 is 0 Å². The monoisotopic (exact) mass is 404 g/mol. The average Bonchev–Trinajstić information content (AvgIpc) is 2.66. The number of hydrogen-bond acceptors (Lipinski definition) is 5. The van der Waals surface area contributed by atoms with Gasteiger partial charge in [-0.2, -0.15) is 9.29 Å². The van der Waals surface area contributed by atoms with Gasteiger partial charge < -0.3 is 5.32 Å². The lowest BCUT2D eigenvalue weighted by atomic mass is 10.2. The molecule has 0 atom stereocenters. The van der Waals surface area contributed by atoms with Gasteiger partial charge in [-0.25, -0.2) is 13.2 Å². The van der Waals surface area contributed by atoms with Crippen molar-refractivity contribution in [2.45, 2.75) is 44.6 Å². The van der Waals surface area contributed by atoms with Crippen LogP contribution in [0, 0.1) is 13.8 Å². The highest BCUT2D eigenvalue weighted by molar-refractivity contribution is 7.89. The summed E-state index contributed by atoms with van der Waals surface area (Å²) < 4.78 is 28.1. The average molecular weight is 404 g/mol. The Morgan fingerprint density at radius 2 is 1.75 bits per heavy atom. The molecule has 1 aliphatic heterocycles. The third kappa shape index (κ3) is 4.48. The summed E-state index contributed by atoms with van der Waals surface area (Å²) in [6.45, 7) is 4.38. The van der Waals surface area contributed by atoms with Crippen LogP contribution >= 0.6 is 0 Å². The Kier molecular flexibility index (Phi) is 5.95. The van der Waals surface area contributed by atoms with Crippen LogP contribution in [0.1, 0.15) is 30.7 Å². The fourth-order valence-electron chi connectivity index (χ4n) is 3.28. The van der Waals surface area contributed by atoms with Gasteiger partial charge in [-0.15, -0.1) is 0 Å². The molecule has 28 heavy (non-hydrogen) atoms. The van der Waals surface area contributed by atoms with Gasteiger partial charge in [0.05, 0.1) is 4.90 Å². The van der Waals surface area contributed by atoms with E-state index in [4.69, 9.17) is 0 Å². The Hall–Kier alpha value is -2.52. The second kappa shape index (κ2) is 8.24. The molecular formula is C19H24N4O4S. The first kappa shape index (κ1) is 20.2. The molecule has 0 unspecified atom stereocenters. The summed E-state index contributed by atoms with van der Waals surface area (Å²) in [5.74, 6) is -0.387. The molecule has 150 valence electrons. The van der Waals surface area contributed by atoms with Crippen molar-refractivity contribution in [2.75, 3.05) is 18.4 Å². The first-order valence-electron chi connectivity index (χ1n) is 9.22. The second-order valence-corrected chi connectivity index (χ2v) is 8.88. The number of aryl methyl sites for hydroxylation is 2. The summed E-state index contributed by atoms with van der Waals surface area (Å²) in [5.41, 5.74) is 1.24. The largest absolute Gasteiger partial charge is 0.348 e. The zero-order chi connectivity index (χ0) is 20.3. The molecule has 0 aliphatic carbocycles. The first-order chi connectivity index (χ1) is 13.3. The minimum Gasteiger partial charge on any atom is -0.325 e. The SMILES string of the molecule is Cc1cc(C)n(CC(=O)Nc2ccc(S(=O)(=O)N3CCCCC3)cc2)c(=O)n1. The van der Waals surface area contributed by atoms with Crippen molar-refractivity contribution >= 4 is 21.6 Å². The molecule has 1 aromatic carbocycles. The topological polar surface area (TPSA) is 101 Å². The normalized spacial score (nSPS) is 15.4. The Balaban J connectivity index is 1.69. The van der Waals surface area contributed by atoms with Crippen LogP contribution in [0.4, 0.5) is 5.69 Å². The predicted molar refractivity (Wildman–Crippen MR) is 106 cm³/mol. The fraction of sp³-hybridized carbons (Fsp3) is 0.421. The van der Waals surface area contributed by atoms with Crippen LogP contribution in [0.5, 0.6) is 0 Å². The Morgan fingerprint density at radius 3 is 2.36 bits per heavy atom. The molecule has 3 rings (SSSR count). The second-order valence-electron chi connectivity index (χ2n) is 6.94. The van der Waals surface area contributed by atoms with Crippen molar-refractivity contribution in [2.24, 2.45) is 0 Å². The molecule has 0 spiro atoms. The molecule has 8 nitrogen and oxygen atoms in total. The van der Waals surface area contributed by atoms with E-state index < -0.39 is 15.7 Å². The Labute approximate surface area is 164 Å². The summed E-state index contributed by atoms with van der Waals surface area (Å²) in [5, 5.41) is 2.68. The van der Waals surface area contributed by atoms with Crippen molar-refractivity contribution in [1.82, 2.24) is 13.9 Å². The van der Waals surface area contributed by atoms with Crippen LogP contribution in [0.15, 0.2) is 40.0 Å². The lowest BCUT2D eigenvalue weighted by molar-refractivity contribution is -0.116. The van der Waals surface area contributed by atoms with Gasteiger partial charge in [-0.05, 0) is 57.0 Å². The van der Waals surface area contributed by atoms with Crippen LogP contribution in [-0.2, 0) is 21.4 Å². The number of aromatic nitrogens is 2. The molecular weight excluding hydrogens is 380 g/mol. The van der Waals surface area contributed by atoms with Gasteiger partial charge in [-0.3, -0.25) is 9.36 Å². The van der Waals surface area contributed by atoms with Gasteiger partial charge >= 0.3 is 5.69 Å². The first-order valence-corrected chi connectivity index (χ1v) is 10.7. The third-order valence-electron chi connectivity index (χ3n) is 4.74. The van der Waals surface area contributed by atoms with Crippen LogP contribution in [-0.4, -0.2) is 41.3 Å². The minimum atomic E-state index is -3.50. The summed E-state index contributed by atoms with van der Waals surface area (Å²) >= 11 is 0. The van der Waals surface area contributed by atoms with Crippen molar-refractivity contribution in [3.63, 3.8) is 0 Å². The molecule has 1 saturated heterocycles. The van der Waals surface area contributed by atoms with Crippen LogP contribution < -0.4 is 11.0 Å². The molecule has 0 radical (unpaired) electrons. The number of nitrogens with one attached hydrogen (secondary N) is 1. The molecule has 2 heterocycles. The smallest absolute Gasteiger partial charge is 0.325 e. The van der Waals surface area contributed by atoms with Gasteiger partial charge in [0.15, 0.2) is 0 Å². The molecule has 0 saturated carbocycles.